The second-order valence-corrected chi connectivity index (χ2v) is 9.75. The van der Waals surface area contributed by atoms with Crippen molar-refractivity contribution in [3.8, 4) is 0 Å². The molecule has 9 heteroatoms. The van der Waals surface area contributed by atoms with Crippen LogP contribution < -0.4 is 15.5 Å². The van der Waals surface area contributed by atoms with Crippen LogP contribution in [-0.4, -0.2) is 32.6 Å². The zero-order valence-electron chi connectivity index (χ0n) is 20.6. The molecule has 2 aromatic heterocycles. The number of carbonyl (C=O) groups excluding carboxylic acids is 1. The minimum absolute atomic E-state index is 0.0829. The van der Waals surface area contributed by atoms with E-state index < -0.39 is 5.92 Å². The highest BCUT2D eigenvalue weighted by Crippen LogP contribution is 2.37. The van der Waals surface area contributed by atoms with E-state index in [2.05, 4.69) is 55.0 Å². The minimum atomic E-state index is -0.449. The molecule has 8 nitrogen and oxygen atoms in total. The molecule has 0 aliphatic carbocycles. The van der Waals surface area contributed by atoms with Gasteiger partial charge in [-0.2, -0.15) is 15.1 Å². The van der Waals surface area contributed by atoms with Gasteiger partial charge in [0.25, 0.3) is 0 Å². The van der Waals surface area contributed by atoms with Gasteiger partial charge in [-0.05, 0) is 28.8 Å². The van der Waals surface area contributed by atoms with E-state index in [4.69, 9.17) is 16.6 Å². The highest BCUT2D eigenvalue weighted by molar-refractivity contribution is 6.30. The highest BCUT2D eigenvalue weighted by Gasteiger charge is 2.35. The van der Waals surface area contributed by atoms with Crippen LogP contribution in [0.3, 0.4) is 0 Å². The van der Waals surface area contributed by atoms with E-state index in [1.165, 1.54) is 0 Å². The van der Waals surface area contributed by atoms with Gasteiger partial charge in [0.05, 0.1) is 17.0 Å². The Morgan fingerprint density at radius 2 is 1.58 bits per heavy atom. The molecule has 3 heterocycles. The molecule has 0 spiro atoms. The van der Waals surface area contributed by atoms with Crippen LogP contribution >= 0.6 is 11.6 Å². The van der Waals surface area contributed by atoms with Gasteiger partial charge in [0.1, 0.15) is 5.82 Å². The van der Waals surface area contributed by atoms with E-state index in [1.807, 2.05) is 60.7 Å². The molecule has 0 saturated carbocycles. The second-order valence-electron chi connectivity index (χ2n) is 9.31. The molecule has 6 rings (SSSR count). The number of amides is 1. The van der Waals surface area contributed by atoms with Crippen molar-refractivity contribution in [3.05, 3.63) is 112 Å². The Bertz CT molecular complexity index is 1560. The predicted molar refractivity (Wildman–Crippen MR) is 149 cm³/mol. The predicted octanol–water partition coefficient (Wildman–Crippen LogP) is 5.04. The van der Waals surface area contributed by atoms with Crippen LogP contribution in [0.4, 0.5) is 11.8 Å². The van der Waals surface area contributed by atoms with Gasteiger partial charge in [0, 0.05) is 31.2 Å². The summed E-state index contributed by atoms with van der Waals surface area (Å²) in [7, 11) is 0. The maximum atomic E-state index is 13.4. The number of anilines is 2. The lowest BCUT2D eigenvalue weighted by molar-refractivity contribution is -0.122. The summed E-state index contributed by atoms with van der Waals surface area (Å²) in [6.07, 6.45) is 0. The minimum Gasteiger partial charge on any atom is -0.351 e. The summed E-state index contributed by atoms with van der Waals surface area (Å²) < 4.78 is 0. The molecule has 1 atom stereocenters. The Hall–Kier alpha value is -4.43. The van der Waals surface area contributed by atoms with E-state index in [-0.39, 0.29) is 5.91 Å². The van der Waals surface area contributed by atoms with Crippen LogP contribution in [0, 0.1) is 0 Å². The number of H-pyrrole nitrogens is 1. The molecule has 0 radical (unpaired) electrons. The molecule has 0 bridgehead atoms. The average Bonchev–Trinajstić information content (AvgIpc) is 3.38. The van der Waals surface area contributed by atoms with Gasteiger partial charge in [-0.3, -0.25) is 9.89 Å². The normalized spacial score (nSPS) is 14.4. The third-order valence-electron chi connectivity index (χ3n) is 6.68. The summed E-state index contributed by atoms with van der Waals surface area (Å²) >= 11 is 6.00. The number of hydrogen-bond donors (Lipinski definition) is 3. The fourth-order valence-corrected chi connectivity index (χ4v) is 4.86. The van der Waals surface area contributed by atoms with Crippen molar-refractivity contribution < 1.29 is 4.79 Å². The first-order chi connectivity index (χ1) is 18.6. The quantitative estimate of drug-likeness (QED) is 0.263. The fourth-order valence-electron chi connectivity index (χ4n) is 4.74. The fraction of sp³-hybridized carbons (Fsp3) is 0.172. The van der Waals surface area contributed by atoms with Crippen LogP contribution in [0.2, 0.25) is 5.02 Å². The summed E-state index contributed by atoms with van der Waals surface area (Å²) in [5, 5.41) is 15.4. The topological polar surface area (TPSA) is 98.8 Å². The largest absolute Gasteiger partial charge is 0.351 e. The standard InChI is InChI=1S/C29H26ClN7O/c30-22-13-11-20(12-14-22)15-31-28(38)23-18-37(17-21-9-5-2-6-10-21)27-24-25(23)35-36-26(24)33-29(34-27)32-16-19-7-3-1-4-8-19/h1-14,23H,15-18H2,(H,31,38)(H2,32,33,34,35,36). The Balaban J connectivity index is 1.31. The van der Waals surface area contributed by atoms with Crippen LogP contribution in [0.25, 0.3) is 11.0 Å². The van der Waals surface area contributed by atoms with Crippen molar-refractivity contribution in [2.24, 2.45) is 0 Å². The molecule has 1 aliphatic rings. The molecule has 0 fully saturated rings. The number of carbonyl (C=O) groups is 1. The molecule has 3 aromatic carbocycles. The Kier molecular flexibility index (Phi) is 6.62. The maximum Gasteiger partial charge on any atom is 0.231 e. The van der Waals surface area contributed by atoms with Gasteiger partial charge in [0.2, 0.25) is 11.9 Å². The lowest BCUT2D eigenvalue weighted by Gasteiger charge is -2.32. The van der Waals surface area contributed by atoms with Gasteiger partial charge in [0.15, 0.2) is 5.65 Å². The van der Waals surface area contributed by atoms with E-state index >= 15 is 0 Å². The lowest BCUT2D eigenvalue weighted by Crippen LogP contribution is -2.40. The number of hydrogen-bond acceptors (Lipinski definition) is 6. The van der Waals surface area contributed by atoms with Crippen LogP contribution in [0.15, 0.2) is 84.9 Å². The molecule has 3 N–H and O–H groups in total. The third-order valence-corrected chi connectivity index (χ3v) is 6.93. The molecule has 190 valence electrons. The molecule has 0 saturated heterocycles. The first-order valence-corrected chi connectivity index (χ1v) is 12.9. The number of rotatable bonds is 8. The number of benzene rings is 3. The van der Waals surface area contributed by atoms with Crippen LogP contribution in [-0.2, 0) is 24.4 Å². The number of nitrogens with zero attached hydrogens (tertiary/aromatic N) is 4. The van der Waals surface area contributed by atoms with Gasteiger partial charge < -0.3 is 15.5 Å². The lowest BCUT2D eigenvalue weighted by atomic mass is 9.96. The van der Waals surface area contributed by atoms with Gasteiger partial charge in [-0.1, -0.05) is 84.4 Å². The van der Waals surface area contributed by atoms with Crippen molar-refractivity contribution in [3.63, 3.8) is 0 Å². The van der Waals surface area contributed by atoms with Gasteiger partial charge in [-0.25, -0.2) is 0 Å². The molecule has 1 aliphatic heterocycles. The molecule has 1 unspecified atom stereocenters. The van der Waals surface area contributed by atoms with Crippen LogP contribution in [0.1, 0.15) is 28.3 Å². The number of halogens is 1. The second kappa shape index (κ2) is 10.5. The molecular weight excluding hydrogens is 498 g/mol. The molecule has 1 amide bonds. The van der Waals surface area contributed by atoms with E-state index in [0.29, 0.717) is 42.8 Å². The molecule has 5 aromatic rings. The number of nitrogens with one attached hydrogen (secondary N) is 3. The van der Waals surface area contributed by atoms with Crippen molar-refractivity contribution >= 4 is 40.3 Å². The first kappa shape index (κ1) is 23.9. The summed E-state index contributed by atoms with van der Waals surface area (Å²) in [5.41, 5.74) is 4.51. The molecule has 38 heavy (non-hydrogen) atoms. The Morgan fingerprint density at radius 1 is 0.895 bits per heavy atom. The van der Waals surface area contributed by atoms with E-state index in [1.54, 1.807) is 0 Å². The number of aromatic amines is 1. The number of aromatic nitrogens is 4. The third kappa shape index (κ3) is 5.03. The first-order valence-electron chi connectivity index (χ1n) is 12.5. The van der Waals surface area contributed by atoms with Gasteiger partial charge >= 0.3 is 0 Å². The molecular formula is C29H26ClN7O. The van der Waals surface area contributed by atoms with Crippen LogP contribution in [0.5, 0.6) is 0 Å². The smallest absolute Gasteiger partial charge is 0.231 e. The Labute approximate surface area is 225 Å². The van der Waals surface area contributed by atoms with Crippen molar-refractivity contribution in [2.45, 2.75) is 25.6 Å². The summed E-state index contributed by atoms with van der Waals surface area (Å²) in [6.45, 7) is 2.07. The summed E-state index contributed by atoms with van der Waals surface area (Å²) in [5.74, 6) is 0.730. The van der Waals surface area contributed by atoms with E-state index in [0.717, 1.165) is 33.6 Å². The van der Waals surface area contributed by atoms with Gasteiger partial charge in [-0.15, -0.1) is 0 Å². The summed E-state index contributed by atoms with van der Waals surface area (Å²) in [6, 6.07) is 27.7. The van der Waals surface area contributed by atoms with E-state index in [9.17, 15) is 4.79 Å². The average molecular weight is 524 g/mol. The maximum absolute atomic E-state index is 13.4. The monoisotopic (exact) mass is 523 g/mol. The SMILES string of the molecule is O=C(NCc1ccc(Cl)cc1)C1CN(Cc2ccccc2)c2nc(NCc3ccccc3)nc3n[nH]c1c23. The summed E-state index contributed by atoms with van der Waals surface area (Å²) in [4.78, 5) is 25.1. The zero-order valence-corrected chi connectivity index (χ0v) is 21.3. The van der Waals surface area contributed by atoms with Crippen molar-refractivity contribution in [1.82, 2.24) is 25.5 Å². The highest BCUT2D eigenvalue weighted by atomic mass is 35.5. The van der Waals surface area contributed by atoms with Crippen molar-refractivity contribution in [2.75, 3.05) is 16.8 Å². The van der Waals surface area contributed by atoms with Crippen molar-refractivity contribution in [1.29, 1.82) is 0 Å². The Morgan fingerprint density at radius 3 is 2.32 bits per heavy atom. The zero-order chi connectivity index (χ0) is 25.9.